The molecular formula is C26H23ClN4O. The first-order chi connectivity index (χ1) is 15.6. The Bertz CT molecular complexity index is 1340. The van der Waals surface area contributed by atoms with Crippen molar-refractivity contribution in [1.29, 1.82) is 5.41 Å². The lowest BCUT2D eigenvalue weighted by Crippen LogP contribution is -2.35. The summed E-state index contributed by atoms with van der Waals surface area (Å²) in [6.45, 7) is 1.87. The van der Waals surface area contributed by atoms with Crippen LogP contribution in [0.1, 0.15) is 24.8 Å². The van der Waals surface area contributed by atoms with Crippen LogP contribution >= 0.6 is 11.6 Å². The maximum absolute atomic E-state index is 13.4. The van der Waals surface area contributed by atoms with Gasteiger partial charge in [-0.2, -0.15) is 0 Å². The zero-order valence-corrected chi connectivity index (χ0v) is 18.3. The zero-order valence-electron chi connectivity index (χ0n) is 17.6. The summed E-state index contributed by atoms with van der Waals surface area (Å²) in [5.74, 6) is 1.12. The third-order valence-electron chi connectivity index (χ3n) is 5.95. The highest BCUT2D eigenvalue weighted by Gasteiger charge is 2.17. The second-order valence-corrected chi connectivity index (χ2v) is 8.48. The van der Waals surface area contributed by atoms with E-state index in [-0.39, 0.29) is 5.56 Å². The van der Waals surface area contributed by atoms with Crippen LogP contribution in [-0.4, -0.2) is 33.4 Å². The molecule has 0 unspecified atom stereocenters. The third-order valence-corrected chi connectivity index (χ3v) is 6.20. The Labute approximate surface area is 191 Å². The molecule has 0 amide bonds. The first kappa shape index (κ1) is 20.5. The first-order valence-corrected chi connectivity index (χ1v) is 11.2. The molecule has 0 aliphatic carbocycles. The van der Waals surface area contributed by atoms with E-state index in [1.165, 1.54) is 6.42 Å². The Morgan fingerprint density at radius 2 is 1.56 bits per heavy atom. The summed E-state index contributed by atoms with van der Waals surface area (Å²) in [6, 6.07) is 22.3. The quantitative estimate of drug-likeness (QED) is 0.336. The van der Waals surface area contributed by atoms with E-state index in [0.717, 1.165) is 37.1 Å². The number of amidine groups is 1. The van der Waals surface area contributed by atoms with E-state index in [9.17, 15) is 4.79 Å². The van der Waals surface area contributed by atoms with Crippen molar-refractivity contribution in [3.05, 3.63) is 93.7 Å². The monoisotopic (exact) mass is 442 g/mol. The number of fused-ring (bicyclic) bond motifs is 1. The van der Waals surface area contributed by atoms with Gasteiger partial charge >= 0.3 is 0 Å². The van der Waals surface area contributed by atoms with Crippen molar-refractivity contribution in [3.63, 3.8) is 0 Å². The third kappa shape index (κ3) is 3.80. The number of benzene rings is 3. The zero-order chi connectivity index (χ0) is 22.1. The minimum Gasteiger partial charge on any atom is -0.357 e. The van der Waals surface area contributed by atoms with Crippen molar-refractivity contribution in [2.24, 2.45) is 0 Å². The molecular weight excluding hydrogens is 420 g/mol. The summed E-state index contributed by atoms with van der Waals surface area (Å²) in [5, 5.41) is 9.75. The van der Waals surface area contributed by atoms with Crippen molar-refractivity contribution >= 4 is 28.3 Å². The highest BCUT2D eigenvalue weighted by Crippen LogP contribution is 2.24. The summed E-state index contributed by atoms with van der Waals surface area (Å²) < 4.78 is 1.63. The molecule has 0 saturated carbocycles. The fraction of sp³-hybridized carbons (Fsp3) is 0.192. The maximum atomic E-state index is 13.4. The summed E-state index contributed by atoms with van der Waals surface area (Å²) in [4.78, 5) is 20.4. The smallest absolute Gasteiger partial charge is 0.266 e. The molecule has 6 heteroatoms. The predicted octanol–water partition coefficient (Wildman–Crippen LogP) is 5.52. The lowest BCUT2D eigenvalue weighted by molar-refractivity contribution is 0.341. The van der Waals surface area contributed by atoms with Gasteiger partial charge in [0.2, 0.25) is 0 Å². The molecule has 0 spiro atoms. The maximum Gasteiger partial charge on any atom is 0.266 e. The van der Waals surface area contributed by atoms with Crippen molar-refractivity contribution in [2.75, 3.05) is 13.1 Å². The van der Waals surface area contributed by atoms with E-state index < -0.39 is 0 Å². The van der Waals surface area contributed by atoms with E-state index >= 15 is 0 Å². The van der Waals surface area contributed by atoms with Gasteiger partial charge in [-0.1, -0.05) is 48.0 Å². The number of halogens is 1. The number of likely N-dealkylation sites (tertiary alicyclic amines) is 1. The van der Waals surface area contributed by atoms with E-state index in [1.807, 2.05) is 54.6 Å². The molecule has 1 aliphatic rings. The van der Waals surface area contributed by atoms with Gasteiger partial charge in [-0.05, 0) is 55.7 Å². The number of hydrogen-bond acceptors (Lipinski definition) is 3. The Morgan fingerprint density at radius 3 is 2.28 bits per heavy atom. The van der Waals surface area contributed by atoms with E-state index in [0.29, 0.717) is 33.3 Å². The molecule has 5 rings (SSSR count). The number of nitrogens with zero attached hydrogens (tertiary/aromatic N) is 3. The molecule has 160 valence electrons. The van der Waals surface area contributed by atoms with Crippen molar-refractivity contribution in [2.45, 2.75) is 19.3 Å². The van der Waals surface area contributed by atoms with Gasteiger partial charge < -0.3 is 4.90 Å². The van der Waals surface area contributed by atoms with Crippen molar-refractivity contribution in [3.8, 4) is 17.1 Å². The molecule has 1 N–H and O–H groups in total. The molecule has 0 bridgehead atoms. The molecule has 1 aliphatic heterocycles. The van der Waals surface area contributed by atoms with E-state index in [4.69, 9.17) is 22.0 Å². The second kappa shape index (κ2) is 8.60. The average molecular weight is 443 g/mol. The predicted molar refractivity (Wildman–Crippen MR) is 130 cm³/mol. The van der Waals surface area contributed by atoms with Gasteiger partial charge in [0.15, 0.2) is 0 Å². The molecule has 2 heterocycles. The SMILES string of the molecule is N=C(c1ccc(-c2nc3ccccc3c(=O)n2-c2ccc(Cl)cc2)cc1)N1CCCCC1. The molecule has 4 aromatic rings. The number of piperidine rings is 1. The van der Waals surface area contributed by atoms with Gasteiger partial charge in [0.05, 0.1) is 16.6 Å². The molecule has 3 aromatic carbocycles. The van der Waals surface area contributed by atoms with E-state index in [1.54, 1.807) is 22.8 Å². The molecule has 32 heavy (non-hydrogen) atoms. The van der Waals surface area contributed by atoms with Crippen LogP contribution < -0.4 is 5.56 Å². The fourth-order valence-electron chi connectivity index (χ4n) is 4.23. The lowest BCUT2D eigenvalue weighted by Gasteiger charge is -2.29. The second-order valence-electron chi connectivity index (χ2n) is 8.04. The van der Waals surface area contributed by atoms with Crippen molar-refractivity contribution in [1.82, 2.24) is 14.5 Å². The number of rotatable bonds is 3. The normalized spacial score (nSPS) is 14.0. The lowest BCUT2D eigenvalue weighted by atomic mass is 10.1. The fourth-order valence-corrected chi connectivity index (χ4v) is 4.36. The molecule has 1 saturated heterocycles. The standard InChI is InChI=1S/C26H23ClN4O/c27-20-12-14-21(15-13-20)31-25(29-23-7-3-2-6-22(23)26(31)32)19-10-8-18(9-11-19)24(28)30-16-4-1-5-17-30/h2-3,6-15,28H,1,4-5,16-17H2. The number of para-hydroxylation sites is 1. The number of hydrogen-bond donors (Lipinski definition) is 1. The molecule has 0 radical (unpaired) electrons. The highest BCUT2D eigenvalue weighted by molar-refractivity contribution is 6.30. The topological polar surface area (TPSA) is 62.0 Å². The van der Waals surface area contributed by atoms with Crippen LogP contribution in [0.15, 0.2) is 77.6 Å². The van der Waals surface area contributed by atoms with Crippen LogP contribution in [0.4, 0.5) is 0 Å². The number of aromatic nitrogens is 2. The van der Waals surface area contributed by atoms with Crippen LogP contribution in [0.2, 0.25) is 5.02 Å². The summed E-state index contributed by atoms with van der Waals surface area (Å²) in [5.41, 5.74) is 2.92. The Hall–Kier alpha value is -3.44. The molecule has 1 aromatic heterocycles. The average Bonchev–Trinajstić information content (AvgIpc) is 2.85. The van der Waals surface area contributed by atoms with Gasteiger partial charge in [-0.25, -0.2) is 4.98 Å². The summed E-state index contributed by atoms with van der Waals surface area (Å²) in [6.07, 6.45) is 3.50. The van der Waals surface area contributed by atoms with Crippen LogP contribution in [0, 0.1) is 5.41 Å². The van der Waals surface area contributed by atoms with Gasteiger partial charge in [0.1, 0.15) is 11.7 Å². The number of nitrogens with one attached hydrogen (secondary N) is 1. The molecule has 5 nitrogen and oxygen atoms in total. The van der Waals surface area contributed by atoms with Crippen molar-refractivity contribution < 1.29 is 0 Å². The first-order valence-electron chi connectivity index (χ1n) is 10.8. The van der Waals surface area contributed by atoms with Crippen LogP contribution in [0.25, 0.3) is 28.0 Å². The van der Waals surface area contributed by atoms with Crippen LogP contribution in [-0.2, 0) is 0 Å². The minimum atomic E-state index is -0.127. The van der Waals surface area contributed by atoms with Gasteiger partial charge in [0.25, 0.3) is 5.56 Å². The molecule has 0 atom stereocenters. The Morgan fingerprint density at radius 1 is 0.875 bits per heavy atom. The van der Waals surface area contributed by atoms with Gasteiger partial charge in [0, 0.05) is 29.2 Å². The molecule has 1 fully saturated rings. The summed E-state index contributed by atoms with van der Waals surface area (Å²) >= 11 is 6.07. The van der Waals surface area contributed by atoms with Crippen LogP contribution in [0.3, 0.4) is 0 Å². The van der Waals surface area contributed by atoms with Gasteiger partial charge in [-0.3, -0.25) is 14.8 Å². The Kier molecular flexibility index (Phi) is 5.50. The summed E-state index contributed by atoms with van der Waals surface area (Å²) in [7, 11) is 0. The van der Waals surface area contributed by atoms with Crippen LogP contribution in [0.5, 0.6) is 0 Å². The van der Waals surface area contributed by atoms with Gasteiger partial charge in [-0.15, -0.1) is 0 Å². The minimum absolute atomic E-state index is 0.127. The van der Waals surface area contributed by atoms with E-state index in [2.05, 4.69) is 4.90 Å². The largest absolute Gasteiger partial charge is 0.357 e. The highest BCUT2D eigenvalue weighted by atomic mass is 35.5. The Balaban J connectivity index is 1.61.